The SMILES string of the molecule is Oc1ccc2c[c]ccc2c1Cl. The van der Waals surface area contributed by atoms with Gasteiger partial charge in [-0.15, -0.1) is 0 Å². The quantitative estimate of drug-likeness (QED) is 0.656. The van der Waals surface area contributed by atoms with Gasteiger partial charge >= 0.3 is 0 Å². The van der Waals surface area contributed by atoms with E-state index in [1.54, 1.807) is 12.1 Å². The van der Waals surface area contributed by atoms with Crippen molar-refractivity contribution in [2.75, 3.05) is 0 Å². The fourth-order valence-corrected chi connectivity index (χ4v) is 1.40. The summed E-state index contributed by atoms with van der Waals surface area (Å²) in [7, 11) is 0. The van der Waals surface area contributed by atoms with Crippen LogP contribution in [0.3, 0.4) is 0 Å². The van der Waals surface area contributed by atoms with Crippen LogP contribution < -0.4 is 0 Å². The third kappa shape index (κ3) is 1.03. The van der Waals surface area contributed by atoms with E-state index in [0.29, 0.717) is 5.02 Å². The lowest BCUT2D eigenvalue weighted by atomic mass is 10.1. The predicted octanol–water partition coefficient (Wildman–Crippen LogP) is 3.00. The van der Waals surface area contributed by atoms with E-state index in [1.165, 1.54) is 0 Å². The second-order valence-electron chi connectivity index (χ2n) is 2.55. The normalized spacial score (nSPS) is 10.4. The maximum atomic E-state index is 9.28. The summed E-state index contributed by atoms with van der Waals surface area (Å²) in [6, 6.07) is 11.8. The van der Waals surface area contributed by atoms with Crippen LogP contribution in [0.15, 0.2) is 30.3 Å². The molecule has 2 aromatic rings. The molecule has 0 amide bonds. The molecule has 0 aromatic heterocycles. The monoisotopic (exact) mass is 177 g/mol. The molecule has 0 heterocycles. The zero-order valence-corrected chi connectivity index (χ0v) is 6.97. The number of aromatic hydroxyl groups is 1. The molecule has 2 aromatic carbocycles. The maximum absolute atomic E-state index is 9.28. The van der Waals surface area contributed by atoms with Gasteiger partial charge < -0.3 is 5.11 Å². The van der Waals surface area contributed by atoms with Gasteiger partial charge in [-0.2, -0.15) is 0 Å². The molecule has 2 heteroatoms. The molecule has 1 nitrogen and oxygen atoms in total. The molecule has 0 saturated carbocycles. The summed E-state index contributed by atoms with van der Waals surface area (Å²) in [6.45, 7) is 0. The summed E-state index contributed by atoms with van der Waals surface area (Å²) in [6.07, 6.45) is 0. The fourth-order valence-electron chi connectivity index (χ4n) is 1.16. The lowest BCUT2D eigenvalue weighted by Crippen LogP contribution is -1.74. The topological polar surface area (TPSA) is 20.2 Å². The minimum atomic E-state index is 0.121. The van der Waals surface area contributed by atoms with Gasteiger partial charge in [-0.1, -0.05) is 29.8 Å². The second kappa shape index (κ2) is 2.68. The molecule has 0 bridgehead atoms. The van der Waals surface area contributed by atoms with Gasteiger partial charge in [0.1, 0.15) is 5.75 Å². The minimum Gasteiger partial charge on any atom is -0.506 e. The molecule has 0 spiro atoms. The van der Waals surface area contributed by atoms with Crippen molar-refractivity contribution in [3.05, 3.63) is 41.4 Å². The van der Waals surface area contributed by atoms with E-state index in [9.17, 15) is 5.11 Å². The van der Waals surface area contributed by atoms with Gasteiger partial charge in [-0.25, -0.2) is 0 Å². The molecule has 1 radical (unpaired) electrons. The van der Waals surface area contributed by atoms with Crippen LogP contribution in [-0.4, -0.2) is 5.11 Å². The van der Waals surface area contributed by atoms with Gasteiger partial charge in [0.05, 0.1) is 5.02 Å². The Bertz CT molecular complexity index is 423. The van der Waals surface area contributed by atoms with Crippen molar-refractivity contribution >= 4 is 22.4 Å². The van der Waals surface area contributed by atoms with Crippen LogP contribution in [0.4, 0.5) is 0 Å². The first kappa shape index (κ1) is 7.44. The highest BCUT2D eigenvalue weighted by molar-refractivity contribution is 6.36. The predicted molar refractivity (Wildman–Crippen MR) is 49.5 cm³/mol. The van der Waals surface area contributed by atoms with Crippen molar-refractivity contribution in [2.24, 2.45) is 0 Å². The fraction of sp³-hybridized carbons (Fsp3) is 0. The van der Waals surface area contributed by atoms with Crippen molar-refractivity contribution in [1.29, 1.82) is 0 Å². The van der Waals surface area contributed by atoms with E-state index in [2.05, 4.69) is 6.07 Å². The van der Waals surface area contributed by atoms with Gasteiger partial charge in [0.15, 0.2) is 0 Å². The Hall–Kier alpha value is -1.21. The molecular weight excluding hydrogens is 172 g/mol. The molecule has 0 aliphatic carbocycles. The molecule has 2 rings (SSSR count). The Morgan fingerprint density at radius 1 is 1.25 bits per heavy atom. The third-order valence-electron chi connectivity index (χ3n) is 1.78. The molecule has 0 atom stereocenters. The van der Waals surface area contributed by atoms with E-state index in [0.717, 1.165) is 10.8 Å². The minimum absolute atomic E-state index is 0.121. The van der Waals surface area contributed by atoms with Gasteiger partial charge in [0.2, 0.25) is 0 Å². The standard InChI is InChI=1S/C10H6ClO/c11-10-8-4-2-1-3-7(8)5-6-9(10)12/h2-6,12H. The molecule has 0 unspecified atom stereocenters. The lowest BCUT2D eigenvalue weighted by molar-refractivity contribution is 0.476. The van der Waals surface area contributed by atoms with Crippen LogP contribution in [0.1, 0.15) is 0 Å². The lowest BCUT2D eigenvalue weighted by Gasteiger charge is -2.00. The first-order valence-corrected chi connectivity index (χ1v) is 3.94. The van der Waals surface area contributed by atoms with Crippen LogP contribution in [0.2, 0.25) is 5.02 Å². The maximum Gasteiger partial charge on any atom is 0.134 e. The average molecular weight is 178 g/mol. The summed E-state index contributed by atoms with van der Waals surface area (Å²) in [4.78, 5) is 0. The summed E-state index contributed by atoms with van der Waals surface area (Å²) in [5, 5.41) is 11.5. The molecule has 0 saturated heterocycles. The highest BCUT2D eigenvalue weighted by Gasteiger charge is 2.01. The van der Waals surface area contributed by atoms with E-state index < -0.39 is 0 Å². The number of hydrogen-bond acceptors (Lipinski definition) is 1. The molecule has 0 fully saturated rings. The zero-order chi connectivity index (χ0) is 8.55. The Balaban J connectivity index is 2.91. The molecule has 0 aliphatic rings. The summed E-state index contributed by atoms with van der Waals surface area (Å²) >= 11 is 5.86. The number of halogens is 1. The third-order valence-corrected chi connectivity index (χ3v) is 2.18. The van der Waals surface area contributed by atoms with Gasteiger partial charge in [0, 0.05) is 5.39 Å². The smallest absolute Gasteiger partial charge is 0.134 e. The largest absolute Gasteiger partial charge is 0.506 e. The first-order valence-electron chi connectivity index (χ1n) is 3.56. The van der Waals surface area contributed by atoms with Crippen LogP contribution in [0.25, 0.3) is 10.8 Å². The summed E-state index contributed by atoms with van der Waals surface area (Å²) in [5.41, 5.74) is 0. The number of fused-ring (bicyclic) bond motifs is 1. The Morgan fingerprint density at radius 3 is 2.92 bits per heavy atom. The zero-order valence-electron chi connectivity index (χ0n) is 6.21. The summed E-state index contributed by atoms with van der Waals surface area (Å²) in [5.74, 6) is 0.121. The number of benzene rings is 2. The Labute approximate surface area is 75.2 Å². The first-order chi connectivity index (χ1) is 5.79. The van der Waals surface area contributed by atoms with Gasteiger partial charge in [0.25, 0.3) is 0 Å². The second-order valence-corrected chi connectivity index (χ2v) is 2.92. The van der Waals surface area contributed by atoms with Crippen molar-refractivity contribution in [2.45, 2.75) is 0 Å². The van der Waals surface area contributed by atoms with Crippen LogP contribution in [0, 0.1) is 6.07 Å². The molecule has 0 aliphatic heterocycles. The highest BCUT2D eigenvalue weighted by atomic mass is 35.5. The average Bonchev–Trinajstić information content (AvgIpc) is 2.12. The van der Waals surface area contributed by atoms with Gasteiger partial charge in [-0.3, -0.25) is 0 Å². The van der Waals surface area contributed by atoms with E-state index in [-0.39, 0.29) is 5.75 Å². The number of phenols is 1. The van der Waals surface area contributed by atoms with Crippen LogP contribution >= 0.6 is 11.6 Å². The van der Waals surface area contributed by atoms with Crippen molar-refractivity contribution in [1.82, 2.24) is 0 Å². The Morgan fingerprint density at radius 2 is 2.08 bits per heavy atom. The van der Waals surface area contributed by atoms with E-state index in [4.69, 9.17) is 11.6 Å². The van der Waals surface area contributed by atoms with Gasteiger partial charge in [-0.05, 0) is 23.6 Å². The Kier molecular flexibility index (Phi) is 1.66. The number of rotatable bonds is 0. The van der Waals surface area contributed by atoms with Crippen molar-refractivity contribution in [3.63, 3.8) is 0 Å². The van der Waals surface area contributed by atoms with Crippen LogP contribution in [-0.2, 0) is 0 Å². The van der Waals surface area contributed by atoms with E-state index >= 15 is 0 Å². The molecule has 12 heavy (non-hydrogen) atoms. The molecule has 1 N–H and O–H groups in total. The van der Waals surface area contributed by atoms with Crippen LogP contribution in [0.5, 0.6) is 5.75 Å². The summed E-state index contributed by atoms with van der Waals surface area (Å²) < 4.78 is 0. The number of hydrogen-bond donors (Lipinski definition) is 1. The molecule has 59 valence electrons. The van der Waals surface area contributed by atoms with E-state index in [1.807, 2.05) is 18.2 Å². The highest BCUT2D eigenvalue weighted by Crippen LogP contribution is 2.31. The number of phenolic OH excluding ortho intramolecular Hbond substituents is 1. The van der Waals surface area contributed by atoms with Crippen molar-refractivity contribution in [3.8, 4) is 5.75 Å². The molecular formula is C10H6ClO. The van der Waals surface area contributed by atoms with Crippen molar-refractivity contribution < 1.29 is 5.11 Å².